The van der Waals surface area contributed by atoms with Gasteiger partial charge in [-0.3, -0.25) is 4.79 Å². The van der Waals surface area contributed by atoms with Gasteiger partial charge < -0.3 is 25.2 Å². The lowest BCUT2D eigenvalue weighted by Gasteiger charge is -2.18. The van der Waals surface area contributed by atoms with Crippen LogP contribution in [-0.2, 0) is 16.1 Å². The molecular formula is C25H23N3O6S. The first-order valence-corrected chi connectivity index (χ1v) is 12.0. The third kappa shape index (κ3) is 4.38. The minimum atomic E-state index is -1.93. The number of nitrogens with zero attached hydrogens (tertiary/aromatic N) is 2. The van der Waals surface area contributed by atoms with Crippen LogP contribution in [0.2, 0.25) is 0 Å². The SMILES string of the molecule is O=C(NCc1nc(C(=O)N2CCC(O)(C(=O)O)C2)cs1)OCC1c2ccccc2-c2ccccc21. The summed E-state index contributed by atoms with van der Waals surface area (Å²) < 4.78 is 5.51. The van der Waals surface area contributed by atoms with Crippen LogP contribution >= 0.6 is 11.3 Å². The Morgan fingerprint density at radius 1 is 1.11 bits per heavy atom. The highest BCUT2D eigenvalue weighted by atomic mass is 32.1. The number of β-amino-alcohol motifs (C(OH)–C–C–N with tert-alkyl or cyclic N) is 1. The van der Waals surface area contributed by atoms with Crippen LogP contribution in [0.1, 0.15) is 39.0 Å². The summed E-state index contributed by atoms with van der Waals surface area (Å²) in [6.45, 7) is 0.134. The van der Waals surface area contributed by atoms with Crippen molar-refractivity contribution in [1.82, 2.24) is 15.2 Å². The second-order valence-corrected chi connectivity index (χ2v) is 9.56. The standard InChI is InChI=1S/C25H23N3O6S/c29-22(28-10-9-25(33,14-28)23(30)31)20-13-35-21(27-20)11-26-24(32)34-12-19-17-7-3-1-5-15(17)16-6-2-4-8-18(16)19/h1-8,13,19,33H,9-12,14H2,(H,26,32)(H,30,31). The molecule has 1 aliphatic heterocycles. The molecule has 1 saturated heterocycles. The second kappa shape index (κ2) is 9.12. The van der Waals surface area contributed by atoms with E-state index in [4.69, 9.17) is 9.84 Å². The van der Waals surface area contributed by atoms with E-state index in [2.05, 4.69) is 22.4 Å². The lowest BCUT2D eigenvalue weighted by molar-refractivity contribution is -0.156. The molecule has 1 atom stereocenters. The number of carboxylic acid groups (broad SMARTS) is 1. The smallest absolute Gasteiger partial charge is 0.407 e. The van der Waals surface area contributed by atoms with Crippen molar-refractivity contribution in [2.45, 2.75) is 24.5 Å². The van der Waals surface area contributed by atoms with Gasteiger partial charge in [-0.15, -0.1) is 11.3 Å². The summed E-state index contributed by atoms with van der Waals surface area (Å²) in [6.07, 6.45) is -0.616. The highest BCUT2D eigenvalue weighted by molar-refractivity contribution is 7.09. The third-order valence-corrected chi connectivity index (χ3v) is 7.28. The zero-order valence-corrected chi connectivity index (χ0v) is 19.5. The van der Waals surface area contributed by atoms with E-state index in [1.807, 2.05) is 36.4 Å². The van der Waals surface area contributed by atoms with E-state index in [9.17, 15) is 19.5 Å². The normalized spacial score (nSPS) is 18.7. The van der Waals surface area contributed by atoms with Gasteiger partial charge in [0.1, 0.15) is 17.3 Å². The molecule has 2 aromatic carbocycles. The second-order valence-electron chi connectivity index (χ2n) is 8.62. The molecule has 1 aliphatic carbocycles. The van der Waals surface area contributed by atoms with E-state index in [1.165, 1.54) is 16.2 Å². The molecule has 180 valence electrons. The molecule has 1 fully saturated rings. The van der Waals surface area contributed by atoms with E-state index >= 15 is 0 Å². The molecule has 5 rings (SSSR count). The molecule has 0 radical (unpaired) electrons. The molecule has 0 spiro atoms. The Hall–Kier alpha value is -3.76. The number of likely N-dealkylation sites (tertiary alicyclic amines) is 1. The first-order chi connectivity index (χ1) is 16.9. The summed E-state index contributed by atoms with van der Waals surface area (Å²) in [5.41, 5.74) is 2.77. The summed E-state index contributed by atoms with van der Waals surface area (Å²) in [4.78, 5) is 41.7. The number of benzene rings is 2. The van der Waals surface area contributed by atoms with Gasteiger partial charge in [0.2, 0.25) is 0 Å². The van der Waals surface area contributed by atoms with Gasteiger partial charge in [0.25, 0.3) is 5.91 Å². The minimum Gasteiger partial charge on any atom is -0.479 e. The molecule has 9 nitrogen and oxygen atoms in total. The van der Waals surface area contributed by atoms with Gasteiger partial charge in [0.15, 0.2) is 5.60 Å². The first-order valence-electron chi connectivity index (χ1n) is 11.1. The van der Waals surface area contributed by atoms with Crippen LogP contribution in [0.5, 0.6) is 0 Å². The largest absolute Gasteiger partial charge is 0.479 e. The van der Waals surface area contributed by atoms with Crippen LogP contribution in [0, 0.1) is 0 Å². The zero-order chi connectivity index (χ0) is 24.6. The maximum absolute atomic E-state index is 12.6. The van der Waals surface area contributed by atoms with E-state index in [-0.39, 0.29) is 44.3 Å². The Kier molecular flexibility index (Phi) is 6.00. The number of aliphatic carboxylic acids is 1. The van der Waals surface area contributed by atoms with Crippen LogP contribution in [0.3, 0.4) is 0 Å². The minimum absolute atomic E-state index is 0.0333. The lowest BCUT2D eigenvalue weighted by Crippen LogP contribution is -2.42. The molecule has 3 N–H and O–H groups in total. The van der Waals surface area contributed by atoms with Crippen molar-refractivity contribution in [1.29, 1.82) is 0 Å². The number of carboxylic acids is 1. The average Bonchev–Trinajstić information content (AvgIpc) is 3.58. The predicted molar refractivity (Wildman–Crippen MR) is 127 cm³/mol. The molecule has 0 saturated carbocycles. The number of carbonyl (C=O) groups excluding carboxylic acids is 2. The topological polar surface area (TPSA) is 129 Å². The maximum atomic E-state index is 12.6. The molecule has 2 aliphatic rings. The van der Waals surface area contributed by atoms with Gasteiger partial charge in [-0.1, -0.05) is 48.5 Å². The molecule has 3 aromatic rings. The average molecular weight is 494 g/mol. The summed E-state index contributed by atoms with van der Waals surface area (Å²) in [5.74, 6) is -1.84. The number of rotatable bonds is 6. The number of amides is 2. The number of nitrogens with one attached hydrogen (secondary N) is 1. The van der Waals surface area contributed by atoms with Crippen LogP contribution in [0.15, 0.2) is 53.9 Å². The van der Waals surface area contributed by atoms with Gasteiger partial charge in [-0.2, -0.15) is 0 Å². The van der Waals surface area contributed by atoms with E-state index in [0.29, 0.717) is 5.01 Å². The Morgan fingerprint density at radius 3 is 2.40 bits per heavy atom. The van der Waals surface area contributed by atoms with Crippen LogP contribution in [0.4, 0.5) is 4.79 Å². The number of fused-ring (bicyclic) bond motifs is 3. The Bertz CT molecular complexity index is 1260. The Labute approximate surface area is 205 Å². The van der Waals surface area contributed by atoms with Crippen molar-refractivity contribution in [3.63, 3.8) is 0 Å². The molecule has 10 heteroatoms. The van der Waals surface area contributed by atoms with Gasteiger partial charge in [0, 0.05) is 24.3 Å². The van der Waals surface area contributed by atoms with Gasteiger partial charge >= 0.3 is 12.1 Å². The molecular weight excluding hydrogens is 470 g/mol. The van der Waals surface area contributed by atoms with Crippen LogP contribution < -0.4 is 5.32 Å². The number of ether oxygens (including phenoxy) is 1. The number of aliphatic hydroxyl groups is 1. The lowest BCUT2D eigenvalue weighted by atomic mass is 9.98. The van der Waals surface area contributed by atoms with Gasteiger partial charge in [0.05, 0.1) is 13.1 Å². The Morgan fingerprint density at radius 2 is 1.77 bits per heavy atom. The number of hydrogen-bond acceptors (Lipinski definition) is 7. The summed E-state index contributed by atoms with van der Waals surface area (Å²) >= 11 is 1.20. The fourth-order valence-corrected chi connectivity index (χ4v) is 5.30. The number of carbonyl (C=O) groups is 3. The van der Waals surface area contributed by atoms with Gasteiger partial charge in [-0.05, 0) is 22.3 Å². The predicted octanol–water partition coefficient (Wildman–Crippen LogP) is 2.84. The molecule has 2 heterocycles. The number of hydrogen-bond donors (Lipinski definition) is 3. The molecule has 0 bridgehead atoms. The van der Waals surface area contributed by atoms with Crippen molar-refractivity contribution >= 4 is 29.3 Å². The fourth-order valence-electron chi connectivity index (χ4n) is 4.59. The molecule has 1 unspecified atom stereocenters. The summed E-state index contributed by atoms with van der Waals surface area (Å²) in [6, 6.07) is 16.2. The zero-order valence-electron chi connectivity index (χ0n) is 18.6. The van der Waals surface area contributed by atoms with Crippen molar-refractivity contribution in [3.05, 3.63) is 75.7 Å². The molecule has 35 heavy (non-hydrogen) atoms. The fraction of sp³-hybridized carbons (Fsp3) is 0.280. The van der Waals surface area contributed by atoms with Crippen LogP contribution in [0.25, 0.3) is 11.1 Å². The van der Waals surface area contributed by atoms with E-state index < -0.39 is 23.6 Å². The van der Waals surface area contributed by atoms with Crippen LogP contribution in [-0.4, -0.2) is 63.4 Å². The number of alkyl carbamates (subject to hydrolysis) is 1. The summed E-state index contributed by atoms with van der Waals surface area (Å²) in [5, 5.41) is 23.9. The maximum Gasteiger partial charge on any atom is 0.407 e. The van der Waals surface area contributed by atoms with Gasteiger partial charge in [-0.25, -0.2) is 14.6 Å². The highest BCUT2D eigenvalue weighted by Gasteiger charge is 2.45. The van der Waals surface area contributed by atoms with Crippen molar-refractivity contribution < 1.29 is 29.3 Å². The quantitative estimate of drug-likeness (QED) is 0.482. The summed E-state index contributed by atoms with van der Waals surface area (Å²) in [7, 11) is 0. The molecule has 1 aromatic heterocycles. The highest BCUT2D eigenvalue weighted by Crippen LogP contribution is 2.44. The number of thiazole rings is 1. The van der Waals surface area contributed by atoms with Crippen molar-refractivity contribution in [2.24, 2.45) is 0 Å². The van der Waals surface area contributed by atoms with E-state index in [0.717, 1.165) is 22.3 Å². The third-order valence-electron chi connectivity index (χ3n) is 6.43. The molecule has 2 amide bonds. The first kappa shape index (κ1) is 23.0. The van der Waals surface area contributed by atoms with E-state index in [1.54, 1.807) is 5.38 Å². The van der Waals surface area contributed by atoms with Crippen molar-refractivity contribution in [3.8, 4) is 11.1 Å². The number of aromatic nitrogens is 1. The monoisotopic (exact) mass is 493 g/mol. The Balaban J connectivity index is 1.15. The van der Waals surface area contributed by atoms with Crippen molar-refractivity contribution in [2.75, 3.05) is 19.7 Å².